The molecule has 0 saturated carbocycles. The van der Waals surface area contributed by atoms with E-state index in [1.807, 2.05) is 49.4 Å². The van der Waals surface area contributed by atoms with Crippen molar-refractivity contribution in [3.05, 3.63) is 84.0 Å². The molecule has 3 rings (SSSR count). The van der Waals surface area contributed by atoms with Crippen molar-refractivity contribution in [1.82, 2.24) is 0 Å². The Bertz CT molecular complexity index is 870. The van der Waals surface area contributed by atoms with Crippen molar-refractivity contribution < 1.29 is 14.7 Å². The minimum absolute atomic E-state index is 0.269. The van der Waals surface area contributed by atoms with E-state index in [0.717, 1.165) is 5.56 Å². The van der Waals surface area contributed by atoms with Crippen molar-refractivity contribution in [3.8, 4) is 0 Å². The Kier molecular flexibility index (Phi) is 5.14. The lowest BCUT2D eigenvalue weighted by molar-refractivity contribution is -0.140. The van der Waals surface area contributed by atoms with Gasteiger partial charge in [0.2, 0.25) is 0 Å². The molecule has 1 amide bonds. The molecule has 26 heavy (non-hydrogen) atoms. The van der Waals surface area contributed by atoms with Crippen LogP contribution in [0.25, 0.3) is 6.08 Å². The number of hydrogen-bond donors (Lipinski definition) is 1. The molecule has 0 unspecified atom stereocenters. The van der Waals surface area contributed by atoms with E-state index in [1.54, 1.807) is 30.4 Å². The molecule has 0 fully saturated rings. The highest BCUT2D eigenvalue weighted by molar-refractivity contribution is 6.09. The Balaban J connectivity index is 1.73. The first-order valence-electron chi connectivity index (χ1n) is 8.62. The Hall–Kier alpha value is -2.98. The number of amides is 1. The smallest absolute Gasteiger partial charge is 0.264 e. The number of allylic oxidation sites excluding steroid dienone is 3. The first kappa shape index (κ1) is 17.8. The van der Waals surface area contributed by atoms with Gasteiger partial charge in [-0.05, 0) is 24.6 Å². The van der Waals surface area contributed by atoms with Crippen molar-refractivity contribution >= 4 is 23.5 Å². The van der Waals surface area contributed by atoms with Crippen molar-refractivity contribution in [3.63, 3.8) is 0 Å². The van der Waals surface area contributed by atoms with Crippen LogP contribution in [0.1, 0.15) is 24.5 Å². The second-order valence-corrected chi connectivity index (χ2v) is 6.20. The van der Waals surface area contributed by atoms with Gasteiger partial charge in [0.15, 0.2) is 11.4 Å². The number of ketones is 1. The van der Waals surface area contributed by atoms with E-state index in [2.05, 4.69) is 0 Å². The molecule has 0 aromatic heterocycles. The van der Waals surface area contributed by atoms with Crippen molar-refractivity contribution in [1.29, 1.82) is 0 Å². The van der Waals surface area contributed by atoms with Gasteiger partial charge in [-0.1, -0.05) is 66.8 Å². The second-order valence-electron chi connectivity index (χ2n) is 6.20. The summed E-state index contributed by atoms with van der Waals surface area (Å²) in [7, 11) is 0. The summed E-state index contributed by atoms with van der Waals surface area (Å²) in [5.41, 5.74) is 0.398. The monoisotopic (exact) mass is 347 g/mol. The number of rotatable bonds is 6. The zero-order valence-electron chi connectivity index (χ0n) is 14.6. The Morgan fingerprint density at radius 2 is 1.77 bits per heavy atom. The maximum atomic E-state index is 12.7. The van der Waals surface area contributed by atoms with E-state index in [1.165, 1.54) is 11.0 Å². The van der Waals surface area contributed by atoms with Crippen LogP contribution in [0.3, 0.4) is 0 Å². The number of benzene rings is 2. The second kappa shape index (κ2) is 7.50. The SMILES string of the molecule is CCN1C(=O)[C@@](O)(CC(=O)/C=C/C=C\c2ccccc2)c2ccccc21. The lowest BCUT2D eigenvalue weighted by atomic mass is 9.90. The van der Waals surface area contributed by atoms with Gasteiger partial charge in [0.1, 0.15) is 0 Å². The third-order valence-corrected chi connectivity index (χ3v) is 4.47. The number of hydrogen-bond acceptors (Lipinski definition) is 3. The largest absolute Gasteiger partial charge is 0.375 e. The van der Waals surface area contributed by atoms with Gasteiger partial charge in [-0.2, -0.15) is 0 Å². The summed E-state index contributed by atoms with van der Waals surface area (Å²) in [6.45, 7) is 2.29. The van der Waals surface area contributed by atoms with Crippen molar-refractivity contribution in [2.75, 3.05) is 11.4 Å². The van der Waals surface area contributed by atoms with Crippen LogP contribution >= 0.6 is 0 Å². The molecule has 0 saturated heterocycles. The van der Waals surface area contributed by atoms with Crippen LogP contribution in [0.4, 0.5) is 5.69 Å². The molecule has 4 nitrogen and oxygen atoms in total. The molecule has 4 heteroatoms. The highest BCUT2D eigenvalue weighted by Crippen LogP contribution is 2.42. The van der Waals surface area contributed by atoms with Crippen LogP contribution in [0.5, 0.6) is 0 Å². The highest BCUT2D eigenvalue weighted by atomic mass is 16.3. The summed E-state index contributed by atoms with van der Waals surface area (Å²) < 4.78 is 0. The predicted octanol–water partition coefficient (Wildman–Crippen LogP) is 3.47. The van der Waals surface area contributed by atoms with Crippen LogP contribution in [0.2, 0.25) is 0 Å². The third-order valence-electron chi connectivity index (χ3n) is 4.47. The van der Waals surface area contributed by atoms with Gasteiger partial charge in [-0.3, -0.25) is 9.59 Å². The average Bonchev–Trinajstić information content (AvgIpc) is 2.87. The van der Waals surface area contributed by atoms with Crippen molar-refractivity contribution in [2.45, 2.75) is 18.9 Å². The number of likely N-dealkylation sites (N-methyl/N-ethyl adjacent to an activating group) is 1. The quantitative estimate of drug-likeness (QED) is 0.643. The van der Waals surface area contributed by atoms with Gasteiger partial charge in [0.05, 0.1) is 12.1 Å². The number of para-hydroxylation sites is 1. The van der Waals surface area contributed by atoms with E-state index in [-0.39, 0.29) is 12.2 Å². The molecule has 0 bridgehead atoms. The normalized spacial score (nSPS) is 19.5. The molecule has 1 aliphatic heterocycles. The molecule has 2 aromatic carbocycles. The van der Waals surface area contributed by atoms with Crippen LogP contribution in [-0.4, -0.2) is 23.3 Å². The van der Waals surface area contributed by atoms with Crippen LogP contribution in [0, 0.1) is 0 Å². The first-order chi connectivity index (χ1) is 12.6. The highest BCUT2D eigenvalue weighted by Gasteiger charge is 2.49. The maximum Gasteiger partial charge on any atom is 0.264 e. The molecule has 1 heterocycles. The maximum absolute atomic E-state index is 12.7. The molecule has 2 aromatic rings. The third kappa shape index (κ3) is 3.37. The Morgan fingerprint density at radius 1 is 1.08 bits per heavy atom. The standard InChI is InChI=1S/C22H21NO3/c1-2-23-20-15-9-8-14-19(20)22(26,21(23)25)16-18(24)13-7-6-12-17-10-4-3-5-11-17/h3-15,26H,2,16H2,1H3/b12-6-,13-7+/t22-/m1/s1. The summed E-state index contributed by atoms with van der Waals surface area (Å²) in [5.74, 6) is -0.742. The van der Waals surface area contributed by atoms with E-state index in [0.29, 0.717) is 17.8 Å². The summed E-state index contributed by atoms with van der Waals surface area (Å²) in [6.07, 6.45) is 6.39. The zero-order valence-corrected chi connectivity index (χ0v) is 14.6. The molecule has 1 N–H and O–H groups in total. The van der Waals surface area contributed by atoms with Gasteiger partial charge < -0.3 is 10.0 Å². The summed E-state index contributed by atoms with van der Waals surface area (Å²) in [5, 5.41) is 11.0. The van der Waals surface area contributed by atoms with Crippen LogP contribution in [-0.2, 0) is 15.2 Å². The van der Waals surface area contributed by atoms with Gasteiger partial charge in [-0.15, -0.1) is 0 Å². The van der Waals surface area contributed by atoms with Gasteiger partial charge in [0.25, 0.3) is 5.91 Å². The fourth-order valence-electron chi connectivity index (χ4n) is 3.20. The minimum atomic E-state index is -1.79. The summed E-state index contributed by atoms with van der Waals surface area (Å²) in [4.78, 5) is 26.5. The molecular formula is C22H21NO3. The fraction of sp³-hybridized carbons (Fsp3) is 0.182. The summed E-state index contributed by atoms with van der Waals surface area (Å²) >= 11 is 0. The Labute approximate surface area is 153 Å². The molecule has 0 aliphatic carbocycles. The van der Waals surface area contributed by atoms with Gasteiger partial charge in [0, 0.05) is 12.1 Å². The zero-order chi connectivity index (χ0) is 18.6. The van der Waals surface area contributed by atoms with E-state index in [9.17, 15) is 14.7 Å². The van der Waals surface area contributed by atoms with E-state index >= 15 is 0 Å². The van der Waals surface area contributed by atoms with E-state index < -0.39 is 11.5 Å². The lowest BCUT2D eigenvalue weighted by Gasteiger charge is -2.21. The van der Waals surface area contributed by atoms with Crippen LogP contribution < -0.4 is 4.90 Å². The number of aliphatic hydroxyl groups is 1. The molecule has 132 valence electrons. The molecule has 1 atom stereocenters. The number of fused-ring (bicyclic) bond motifs is 1. The average molecular weight is 347 g/mol. The number of carbonyl (C=O) groups is 2. The minimum Gasteiger partial charge on any atom is -0.375 e. The predicted molar refractivity (Wildman–Crippen MR) is 103 cm³/mol. The van der Waals surface area contributed by atoms with Gasteiger partial charge in [-0.25, -0.2) is 0 Å². The molecule has 0 spiro atoms. The summed E-state index contributed by atoms with van der Waals surface area (Å²) in [6, 6.07) is 16.8. The topological polar surface area (TPSA) is 57.6 Å². The lowest BCUT2D eigenvalue weighted by Crippen LogP contribution is -2.41. The number of nitrogens with zero attached hydrogens (tertiary/aromatic N) is 1. The molecule has 1 aliphatic rings. The number of carbonyl (C=O) groups excluding carboxylic acids is 2. The Morgan fingerprint density at radius 3 is 2.50 bits per heavy atom. The van der Waals surface area contributed by atoms with Gasteiger partial charge >= 0.3 is 0 Å². The van der Waals surface area contributed by atoms with Crippen molar-refractivity contribution in [2.24, 2.45) is 0 Å². The van der Waals surface area contributed by atoms with Crippen LogP contribution in [0.15, 0.2) is 72.8 Å². The molecular weight excluding hydrogens is 326 g/mol. The molecule has 0 radical (unpaired) electrons. The number of anilines is 1. The fourth-order valence-corrected chi connectivity index (χ4v) is 3.20. The van der Waals surface area contributed by atoms with E-state index in [4.69, 9.17) is 0 Å². The first-order valence-corrected chi connectivity index (χ1v) is 8.62.